The highest BCUT2D eigenvalue weighted by Crippen LogP contribution is 2.28. The van der Waals surface area contributed by atoms with Crippen LogP contribution in [0.4, 0.5) is 4.79 Å². The molecule has 31 heavy (non-hydrogen) atoms. The van der Waals surface area contributed by atoms with Crippen LogP contribution in [0.3, 0.4) is 0 Å². The molecule has 1 aliphatic rings. The van der Waals surface area contributed by atoms with Crippen molar-refractivity contribution in [3.05, 3.63) is 87.2 Å². The summed E-state index contributed by atoms with van der Waals surface area (Å²) in [5, 5.41) is 14.1. The summed E-state index contributed by atoms with van der Waals surface area (Å²) >= 11 is 11.8. The van der Waals surface area contributed by atoms with Crippen LogP contribution in [0.2, 0.25) is 10.0 Å². The van der Waals surface area contributed by atoms with Crippen molar-refractivity contribution in [2.75, 3.05) is 0 Å². The van der Waals surface area contributed by atoms with Gasteiger partial charge in [-0.05, 0) is 35.9 Å². The number of benzene rings is 2. The number of hydrogen-bond donors (Lipinski definition) is 1. The van der Waals surface area contributed by atoms with Crippen LogP contribution in [0.15, 0.2) is 64.7 Å². The normalized spacial score (nSPS) is 14.9. The number of nitrogens with zero attached hydrogens (tertiary/aromatic N) is 1. The van der Waals surface area contributed by atoms with Crippen molar-refractivity contribution in [2.24, 2.45) is 0 Å². The maximum atomic E-state index is 12.6. The molecule has 1 saturated heterocycles. The van der Waals surface area contributed by atoms with Crippen LogP contribution in [-0.4, -0.2) is 22.8 Å². The number of carbonyl (C=O) groups excluding carboxylic acids is 3. The molecule has 0 radical (unpaired) electrons. The first-order valence-corrected chi connectivity index (χ1v) is 9.77. The van der Waals surface area contributed by atoms with Crippen LogP contribution in [0.25, 0.3) is 17.4 Å². The van der Waals surface area contributed by atoms with Gasteiger partial charge in [-0.3, -0.25) is 9.69 Å². The number of carboxylic acid groups (broad SMARTS) is 1. The van der Waals surface area contributed by atoms with Crippen molar-refractivity contribution in [3.8, 4) is 11.3 Å². The molecule has 0 saturated carbocycles. The number of nitrogens with one attached hydrogen (secondary N) is 1. The van der Waals surface area contributed by atoms with E-state index in [0.29, 0.717) is 22.1 Å². The van der Waals surface area contributed by atoms with Crippen LogP contribution in [0, 0.1) is 0 Å². The van der Waals surface area contributed by atoms with Gasteiger partial charge in [-0.15, -0.1) is 0 Å². The van der Waals surface area contributed by atoms with Crippen molar-refractivity contribution in [1.82, 2.24) is 10.2 Å². The summed E-state index contributed by atoms with van der Waals surface area (Å²) in [6, 6.07) is 13.9. The lowest BCUT2D eigenvalue weighted by atomic mass is 10.1. The molecule has 7 nitrogen and oxygen atoms in total. The monoisotopic (exact) mass is 455 g/mol. The SMILES string of the molecule is O=C([O-])c1ccc(-c2ccc(/C=C3\NC(=O)N(Cc4ccc(Cl)cc4)C3=O)o2)cc1Cl. The van der Waals surface area contributed by atoms with E-state index in [-0.39, 0.29) is 22.8 Å². The molecule has 0 aliphatic carbocycles. The molecule has 2 aromatic carbocycles. The molecule has 0 atom stereocenters. The standard InChI is InChI=1S/C22H14Cl2N2O5/c23-14-4-1-12(2-5-14)11-26-20(27)18(25-22(26)30)10-15-6-8-19(31-15)13-3-7-16(21(28)29)17(24)9-13/h1-10H,11H2,(H,25,30)(H,28,29)/p-1/b18-10-. The molecule has 4 rings (SSSR count). The maximum Gasteiger partial charge on any atom is 0.329 e. The first-order chi connectivity index (χ1) is 14.8. The molecule has 0 spiro atoms. The van der Waals surface area contributed by atoms with E-state index in [0.717, 1.165) is 10.5 Å². The van der Waals surface area contributed by atoms with Gasteiger partial charge in [0.15, 0.2) is 0 Å². The lowest BCUT2D eigenvalue weighted by molar-refractivity contribution is -0.255. The van der Waals surface area contributed by atoms with Crippen molar-refractivity contribution < 1.29 is 23.9 Å². The fraction of sp³-hybridized carbons (Fsp3) is 0.0455. The molecular weight excluding hydrogens is 443 g/mol. The fourth-order valence-electron chi connectivity index (χ4n) is 3.05. The van der Waals surface area contributed by atoms with E-state index < -0.39 is 17.9 Å². The Bertz CT molecular complexity index is 1230. The topological polar surface area (TPSA) is 103 Å². The second-order valence-corrected chi connectivity index (χ2v) is 7.53. The van der Waals surface area contributed by atoms with Gasteiger partial charge in [-0.1, -0.05) is 47.5 Å². The zero-order valence-corrected chi connectivity index (χ0v) is 17.2. The minimum Gasteiger partial charge on any atom is -0.545 e. The third-order valence-electron chi connectivity index (χ3n) is 4.60. The van der Waals surface area contributed by atoms with Gasteiger partial charge in [0.05, 0.1) is 17.5 Å². The molecule has 1 fully saturated rings. The zero-order valence-electron chi connectivity index (χ0n) is 15.7. The Labute approximate surface area is 186 Å². The molecule has 0 bridgehead atoms. The Hall–Kier alpha value is -3.55. The molecule has 1 aliphatic heterocycles. The molecule has 3 amide bonds. The molecule has 2 heterocycles. The largest absolute Gasteiger partial charge is 0.545 e. The lowest BCUT2D eigenvalue weighted by Gasteiger charge is -2.11. The van der Waals surface area contributed by atoms with Crippen molar-refractivity contribution in [3.63, 3.8) is 0 Å². The highest BCUT2D eigenvalue weighted by Gasteiger charge is 2.33. The summed E-state index contributed by atoms with van der Waals surface area (Å²) in [4.78, 5) is 36.9. The van der Waals surface area contributed by atoms with E-state index in [9.17, 15) is 19.5 Å². The second-order valence-electron chi connectivity index (χ2n) is 6.69. The Morgan fingerprint density at radius 2 is 1.81 bits per heavy atom. The lowest BCUT2D eigenvalue weighted by Crippen LogP contribution is -2.30. The summed E-state index contributed by atoms with van der Waals surface area (Å²) in [6.07, 6.45) is 1.42. The molecule has 1 N–H and O–H groups in total. The number of hydrogen-bond acceptors (Lipinski definition) is 5. The number of halogens is 2. The fourth-order valence-corrected chi connectivity index (χ4v) is 3.43. The van der Waals surface area contributed by atoms with Gasteiger partial charge in [-0.25, -0.2) is 4.79 Å². The first-order valence-electron chi connectivity index (χ1n) is 9.02. The third kappa shape index (κ3) is 4.33. The number of aromatic carboxylic acids is 1. The van der Waals surface area contributed by atoms with Crippen LogP contribution < -0.4 is 10.4 Å². The van der Waals surface area contributed by atoms with E-state index in [1.807, 2.05) is 0 Å². The van der Waals surface area contributed by atoms with Crippen LogP contribution in [-0.2, 0) is 11.3 Å². The van der Waals surface area contributed by atoms with E-state index in [1.54, 1.807) is 36.4 Å². The second kappa shape index (κ2) is 8.29. The highest BCUT2D eigenvalue weighted by atomic mass is 35.5. The van der Waals surface area contributed by atoms with Crippen molar-refractivity contribution >= 4 is 47.2 Å². The molecule has 156 valence electrons. The number of imide groups is 1. The number of amides is 3. The van der Waals surface area contributed by atoms with Gasteiger partial charge in [0.25, 0.3) is 5.91 Å². The van der Waals surface area contributed by atoms with Gasteiger partial charge in [0.1, 0.15) is 17.2 Å². The smallest absolute Gasteiger partial charge is 0.329 e. The van der Waals surface area contributed by atoms with Gasteiger partial charge in [-0.2, -0.15) is 0 Å². The number of rotatable bonds is 5. The Morgan fingerprint density at radius 3 is 2.48 bits per heavy atom. The molecule has 3 aromatic rings. The molecule has 9 heteroatoms. The van der Waals surface area contributed by atoms with E-state index in [2.05, 4.69) is 5.32 Å². The van der Waals surface area contributed by atoms with E-state index in [4.69, 9.17) is 27.6 Å². The summed E-state index contributed by atoms with van der Waals surface area (Å²) in [7, 11) is 0. The van der Waals surface area contributed by atoms with Crippen molar-refractivity contribution in [1.29, 1.82) is 0 Å². The Balaban J connectivity index is 1.53. The molecule has 0 unspecified atom stereocenters. The van der Waals surface area contributed by atoms with E-state index >= 15 is 0 Å². The van der Waals surface area contributed by atoms with Crippen LogP contribution in [0.1, 0.15) is 21.7 Å². The van der Waals surface area contributed by atoms with Crippen LogP contribution in [0.5, 0.6) is 0 Å². The summed E-state index contributed by atoms with van der Waals surface area (Å²) in [5.41, 5.74) is 1.25. The van der Waals surface area contributed by atoms with Crippen molar-refractivity contribution in [2.45, 2.75) is 6.54 Å². The summed E-state index contributed by atoms with van der Waals surface area (Å²) in [6.45, 7) is 0.103. The Kier molecular flexibility index (Phi) is 5.54. The average molecular weight is 456 g/mol. The van der Waals surface area contributed by atoms with Gasteiger partial charge < -0.3 is 19.6 Å². The summed E-state index contributed by atoms with van der Waals surface area (Å²) < 4.78 is 5.70. The Morgan fingerprint density at radius 1 is 1.06 bits per heavy atom. The quantitative estimate of drug-likeness (QED) is 0.466. The van der Waals surface area contributed by atoms with Crippen LogP contribution >= 0.6 is 23.2 Å². The van der Waals surface area contributed by atoms with Gasteiger partial charge in [0.2, 0.25) is 0 Å². The average Bonchev–Trinajstić information content (AvgIpc) is 3.29. The first kappa shape index (κ1) is 20.7. The number of carboxylic acids is 1. The minimum atomic E-state index is -1.37. The summed E-state index contributed by atoms with van der Waals surface area (Å²) in [5.74, 6) is -1.13. The predicted molar refractivity (Wildman–Crippen MR) is 112 cm³/mol. The predicted octanol–water partition coefficient (Wildman–Crippen LogP) is 3.71. The number of furan rings is 1. The third-order valence-corrected chi connectivity index (χ3v) is 5.17. The zero-order chi connectivity index (χ0) is 22.1. The number of urea groups is 1. The molecule has 1 aromatic heterocycles. The molecular formula is C22H13Cl2N2O5-. The minimum absolute atomic E-state index is 0.0184. The van der Waals surface area contributed by atoms with E-state index in [1.165, 1.54) is 24.3 Å². The number of carbonyl (C=O) groups is 3. The highest BCUT2D eigenvalue weighted by molar-refractivity contribution is 6.33. The van der Waals surface area contributed by atoms with Gasteiger partial charge in [0, 0.05) is 22.2 Å². The maximum absolute atomic E-state index is 12.6. The van der Waals surface area contributed by atoms with Gasteiger partial charge >= 0.3 is 6.03 Å².